The minimum absolute atomic E-state index is 0. The molecule has 0 aliphatic heterocycles. The van der Waals surface area contributed by atoms with Crippen LogP contribution in [0.2, 0.25) is 13.1 Å². The lowest BCUT2D eigenvalue weighted by molar-refractivity contribution is 0.0176. The Bertz CT molecular complexity index is 287. The van der Waals surface area contributed by atoms with Crippen molar-refractivity contribution in [1.82, 2.24) is 0 Å². The van der Waals surface area contributed by atoms with Crippen LogP contribution in [0.15, 0.2) is 24.7 Å². The van der Waals surface area contributed by atoms with E-state index < -0.39 is 18.1 Å². The molecule has 4 nitrogen and oxygen atoms in total. The lowest BCUT2D eigenvalue weighted by Gasteiger charge is -2.18. The van der Waals surface area contributed by atoms with E-state index in [0.717, 1.165) is 11.5 Å². The second kappa shape index (κ2) is 33.1. The van der Waals surface area contributed by atoms with Crippen molar-refractivity contribution in [3.63, 3.8) is 0 Å². The van der Waals surface area contributed by atoms with Gasteiger partial charge in [-0.2, -0.15) is 0 Å². The summed E-state index contributed by atoms with van der Waals surface area (Å²) in [5.74, 6) is 1.53. The van der Waals surface area contributed by atoms with Crippen LogP contribution in [0.1, 0.15) is 80.2 Å². The number of allylic oxidation sites excluding steroid dienone is 2. The Kier molecular flexibility index (Phi) is 68.9. The van der Waals surface area contributed by atoms with Gasteiger partial charge in [0.1, 0.15) is 0 Å². The van der Waals surface area contributed by atoms with Crippen LogP contribution in [0.4, 0.5) is 0 Å². The second-order valence-corrected chi connectivity index (χ2v) is 9.32. The third kappa shape index (κ3) is 41.1. The van der Waals surface area contributed by atoms with Crippen LogP contribution < -0.4 is 0 Å². The van der Waals surface area contributed by atoms with Gasteiger partial charge in [0.05, 0.1) is 36.7 Å². The van der Waals surface area contributed by atoms with E-state index in [2.05, 4.69) is 26.3 Å². The Labute approximate surface area is 179 Å². The summed E-state index contributed by atoms with van der Waals surface area (Å²) in [6.07, 6.45) is 1.43. The molecule has 0 saturated carbocycles. The van der Waals surface area contributed by atoms with Gasteiger partial charge in [0.2, 0.25) is 0 Å². The summed E-state index contributed by atoms with van der Waals surface area (Å²) in [6, 6.07) is 0. The van der Waals surface area contributed by atoms with Crippen molar-refractivity contribution in [3.8, 4) is 0 Å². The van der Waals surface area contributed by atoms with Crippen molar-refractivity contribution in [1.29, 1.82) is 0 Å². The quantitative estimate of drug-likeness (QED) is 0.252. The second-order valence-electron chi connectivity index (χ2n) is 4.94. The van der Waals surface area contributed by atoms with E-state index in [1.165, 1.54) is 0 Å². The molecule has 0 radical (unpaired) electrons. The van der Waals surface area contributed by atoms with Crippen molar-refractivity contribution < 1.29 is 18.3 Å². The Hall–Kier alpha value is -0.566. The summed E-state index contributed by atoms with van der Waals surface area (Å²) in [6.45, 7) is 18.0. The minimum Gasteiger partial charge on any atom is -0.548 e. The smallest absolute Gasteiger partial charge is 0.257 e. The van der Waals surface area contributed by atoms with Crippen molar-refractivity contribution in [2.75, 3.05) is 19.1 Å². The fraction of sp³-hybridized carbons (Fsp3) is 0.810. The van der Waals surface area contributed by atoms with Gasteiger partial charge < -0.3 is 18.3 Å². The Balaban J connectivity index is -0.0000000579. The normalized spacial score (nSPS) is 10.9. The molecule has 6 heteroatoms. The van der Waals surface area contributed by atoms with Gasteiger partial charge in [-0.1, -0.05) is 72.6 Å². The zero-order valence-corrected chi connectivity index (χ0v) is 15.2. The van der Waals surface area contributed by atoms with Gasteiger partial charge in [-0.25, -0.2) is 0 Å². The van der Waals surface area contributed by atoms with E-state index >= 15 is 0 Å². The predicted molar refractivity (Wildman–Crippen MR) is 138 cm³/mol. The van der Waals surface area contributed by atoms with Crippen molar-refractivity contribution in [3.05, 3.63) is 24.7 Å². The molecule has 0 rings (SSSR count). The fourth-order valence-electron chi connectivity index (χ4n) is 1.50. The highest BCUT2D eigenvalue weighted by Crippen LogP contribution is 2.01. The lowest BCUT2D eigenvalue weighted by atomic mass is 10.4. The highest BCUT2D eigenvalue weighted by atomic mass is 28.3. The molecule has 0 fully saturated rings. The SMILES string of the molecule is C.C.C.C.C.C.C.C.C=C(C)O[SiH](C)COCC(C)OC[SiH](C)OC(=C)C. The minimum atomic E-state index is -1.29. The molecule has 0 amide bonds. The molecular weight excluding hydrogens is 372 g/mol. The average molecular weight is 433 g/mol. The fourth-order valence-corrected chi connectivity index (χ4v) is 4.08. The lowest BCUT2D eigenvalue weighted by Crippen LogP contribution is -2.28. The van der Waals surface area contributed by atoms with Gasteiger partial charge in [-0.15, -0.1) is 0 Å². The van der Waals surface area contributed by atoms with Gasteiger partial charge in [0.15, 0.2) is 0 Å². The molecule has 0 aromatic rings. The van der Waals surface area contributed by atoms with Crippen LogP contribution in [0, 0.1) is 0 Å². The summed E-state index contributed by atoms with van der Waals surface area (Å²) < 4.78 is 22.4. The Morgan fingerprint density at radius 2 is 1.07 bits per heavy atom. The first-order chi connectivity index (χ1) is 8.81. The molecule has 0 bridgehead atoms. The van der Waals surface area contributed by atoms with E-state index in [9.17, 15) is 0 Å². The van der Waals surface area contributed by atoms with Crippen molar-refractivity contribution >= 4 is 18.1 Å². The van der Waals surface area contributed by atoms with Gasteiger partial charge in [0.25, 0.3) is 18.1 Å². The van der Waals surface area contributed by atoms with Crippen LogP contribution in [-0.2, 0) is 18.3 Å². The van der Waals surface area contributed by atoms with Crippen LogP contribution in [0.25, 0.3) is 0 Å². The maximum absolute atomic E-state index is 5.70. The first kappa shape index (κ1) is 56.3. The first-order valence-electron chi connectivity index (χ1n) is 6.65. The van der Waals surface area contributed by atoms with Gasteiger partial charge >= 0.3 is 0 Å². The van der Waals surface area contributed by atoms with Crippen LogP contribution in [-0.4, -0.2) is 43.3 Å². The standard InChI is InChI=1S/C13H28O4Si2.8CH4/c1-11(2)16-18(6)9-14-8-13(5)15-10-19(7)17-12(3)4;;;;;;;;/h13,18-19H,1,3,8-10H2,2,4-7H3;8*1H4. The van der Waals surface area contributed by atoms with Gasteiger partial charge in [-0.05, 0) is 33.9 Å². The topological polar surface area (TPSA) is 36.9 Å². The Morgan fingerprint density at radius 3 is 1.41 bits per heavy atom. The molecule has 0 spiro atoms. The maximum atomic E-state index is 5.70. The summed E-state index contributed by atoms with van der Waals surface area (Å²) >= 11 is 0. The van der Waals surface area contributed by atoms with Crippen LogP contribution >= 0.6 is 0 Å². The molecule has 0 N–H and O–H groups in total. The van der Waals surface area contributed by atoms with E-state index in [1.807, 2.05) is 20.8 Å². The predicted octanol–water partition coefficient (Wildman–Crippen LogP) is 7.38. The first-order valence-corrected chi connectivity index (χ1v) is 11.5. The Morgan fingerprint density at radius 1 is 0.741 bits per heavy atom. The summed E-state index contributed by atoms with van der Waals surface area (Å²) in [4.78, 5) is 0. The van der Waals surface area contributed by atoms with Crippen molar-refractivity contribution in [2.24, 2.45) is 0 Å². The summed E-state index contributed by atoms with van der Waals surface area (Å²) in [5, 5.41) is 0. The molecule has 0 aliphatic rings. The summed E-state index contributed by atoms with van der Waals surface area (Å²) in [5.41, 5.74) is 0. The molecular formula is C21H60O4Si2. The largest absolute Gasteiger partial charge is 0.548 e. The van der Waals surface area contributed by atoms with Crippen LogP contribution in [0.3, 0.4) is 0 Å². The highest BCUT2D eigenvalue weighted by molar-refractivity contribution is 6.50. The molecule has 0 aromatic heterocycles. The average Bonchev–Trinajstić information content (AvgIpc) is 2.24. The number of rotatable bonds is 11. The maximum Gasteiger partial charge on any atom is 0.257 e. The van der Waals surface area contributed by atoms with E-state index in [0.29, 0.717) is 19.1 Å². The van der Waals surface area contributed by atoms with Gasteiger partial charge in [0, 0.05) is 0 Å². The highest BCUT2D eigenvalue weighted by Gasteiger charge is 2.11. The molecule has 0 heterocycles. The van der Waals surface area contributed by atoms with Gasteiger partial charge in [-0.3, -0.25) is 0 Å². The molecule has 0 aliphatic carbocycles. The molecule has 0 aromatic carbocycles. The molecule has 0 saturated heterocycles. The summed E-state index contributed by atoms with van der Waals surface area (Å²) in [7, 11) is -2.58. The third-order valence-corrected chi connectivity index (χ3v) is 5.10. The monoisotopic (exact) mass is 432 g/mol. The zero-order valence-electron chi connectivity index (χ0n) is 12.9. The number of ether oxygens (including phenoxy) is 2. The van der Waals surface area contributed by atoms with E-state index in [4.69, 9.17) is 18.3 Å². The molecule has 3 unspecified atom stereocenters. The molecule has 27 heavy (non-hydrogen) atoms. The van der Waals surface area contributed by atoms with E-state index in [1.54, 1.807) is 0 Å². The zero-order chi connectivity index (χ0) is 14.8. The van der Waals surface area contributed by atoms with Crippen LogP contribution in [0.5, 0.6) is 0 Å². The third-order valence-electron chi connectivity index (χ3n) is 2.13. The van der Waals surface area contributed by atoms with E-state index in [-0.39, 0.29) is 65.5 Å². The molecule has 3 atom stereocenters. The number of hydrogen-bond donors (Lipinski definition) is 0. The van der Waals surface area contributed by atoms with Crippen molar-refractivity contribution in [2.45, 2.75) is 99.4 Å². The number of hydrogen-bond acceptors (Lipinski definition) is 4. The molecule has 176 valence electrons.